The van der Waals surface area contributed by atoms with Crippen molar-refractivity contribution in [2.75, 3.05) is 19.8 Å². The van der Waals surface area contributed by atoms with Crippen molar-refractivity contribution in [1.29, 1.82) is 0 Å². The van der Waals surface area contributed by atoms with Gasteiger partial charge in [-0.2, -0.15) is 0 Å². The van der Waals surface area contributed by atoms with Gasteiger partial charge in [-0.3, -0.25) is 23.9 Å². The number of amides is 1. The lowest BCUT2D eigenvalue weighted by atomic mass is 9.95. The molecule has 11 nitrogen and oxygen atoms in total. The number of aliphatic hydroxyl groups excluding tert-OH is 1. The van der Waals surface area contributed by atoms with Crippen LogP contribution < -0.4 is 16.6 Å². The molecule has 1 fully saturated rings. The Morgan fingerprint density at radius 1 is 1.30 bits per heavy atom. The lowest BCUT2D eigenvalue weighted by Gasteiger charge is -2.37. The van der Waals surface area contributed by atoms with E-state index in [1.807, 2.05) is 0 Å². The van der Waals surface area contributed by atoms with Crippen LogP contribution in [0.15, 0.2) is 21.9 Å². The zero-order chi connectivity index (χ0) is 25.0. The number of aromatic amines is 1. The fourth-order valence-corrected chi connectivity index (χ4v) is 4.25. The number of hydrogen-bond acceptors (Lipinski definition) is 8. The van der Waals surface area contributed by atoms with Gasteiger partial charge in [-0.15, -0.1) is 0 Å². The van der Waals surface area contributed by atoms with E-state index >= 15 is 0 Å². The van der Waals surface area contributed by atoms with Gasteiger partial charge in [-0.25, -0.2) is 4.79 Å². The van der Waals surface area contributed by atoms with Crippen molar-refractivity contribution in [3.05, 3.63) is 33.1 Å². The minimum atomic E-state index is -2.15. The van der Waals surface area contributed by atoms with E-state index < -0.39 is 55.8 Å². The first-order valence-electron chi connectivity index (χ1n) is 11.0. The van der Waals surface area contributed by atoms with Crippen LogP contribution in [0.25, 0.3) is 0 Å². The molecular formula is C21H35N3O8Si. The van der Waals surface area contributed by atoms with Crippen LogP contribution in [0.1, 0.15) is 40.3 Å². The van der Waals surface area contributed by atoms with Crippen molar-refractivity contribution in [2.24, 2.45) is 5.92 Å². The molecule has 1 saturated heterocycles. The third-order valence-electron chi connectivity index (χ3n) is 6.20. The number of hydrogen-bond donors (Lipinski definition) is 3. The zero-order valence-corrected chi connectivity index (χ0v) is 21.0. The molecule has 12 heteroatoms. The minimum Gasteiger partial charge on any atom is -0.465 e. The molecule has 0 aliphatic carbocycles. The number of nitrogens with zero attached hydrogens (tertiary/aromatic N) is 1. The number of carbonyl (C=O) groups is 2. The second-order valence-corrected chi connectivity index (χ2v) is 14.4. The monoisotopic (exact) mass is 485 g/mol. The Balaban J connectivity index is 2.21. The molecule has 0 unspecified atom stereocenters. The molecule has 1 aliphatic heterocycles. The quantitative estimate of drug-likeness (QED) is 0.338. The van der Waals surface area contributed by atoms with Crippen LogP contribution in [-0.2, 0) is 23.5 Å². The summed E-state index contributed by atoms with van der Waals surface area (Å²) >= 11 is 0. The fourth-order valence-electron chi connectivity index (χ4n) is 3.24. The molecule has 0 bridgehead atoms. The van der Waals surface area contributed by atoms with Crippen LogP contribution in [0.3, 0.4) is 0 Å². The van der Waals surface area contributed by atoms with Gasteiger partial charge in [0.15, 0.2) is 8.32 Å². The first-order valence-corrected chi connectivity index (χ1v) is 13.9. The van der Waals surface area contributed by atoms with Gasteiger partial charge in [0.2, 0.25) is 5.91 Å². The maximum absolute atomic E-state index is 12.5. The summed E-state index contributed by atoms with van der Waals surface area (Å²) in [4.78, 5) is 50.0. The van der Waals surface area contributed by atoms with Crippen LogP contribution in [0.2, 0.25) is 18.1 Å². The Hall–Kier alpha value is -2.28. The van der Waals surface area contributed by atoms with Crippen LogP contribution in [0.5, 0.6) is 0 Å². The maximum Gasteiger partial charge on any atom is 0.330 e. The molecule has 186 valence electrons. The highest BCUT2D eigenvalue weighted by atomic mass is 28.4. The summed E-state index contributed by atoms with van der Waals surface area (Å²) in [5.74, 6) is -1.91. The Labute approximate surface area is 193 Å². The van der Waals surface area contributed by atoms with Crippen molar-refractivity contribution in [2.45, 2.75) is 70.7 Å². The second kappa shape index (κ2) is 10.8. The first kappa shape index (κ1) is 27.0. The van der Waals surface area contributed by atoms with Crippen molar-refractivity contribution >= 4 is 20.2 Å². The largest absolute Gasteiger partial charge is 0.465 e. The summed E-state index contributed by atoms with van der Waals surface area (Å²) in [6.45, 7) is 12.0. The lowest BCUT2D eigenvalue weighted by Crippen LogP contribution is -2.44. The molecule has 3 N–H and O–H groups in total. The lowest BCUT2D eigenvalue weighted by molar-refractivity contribution is -0.143. The number of aliphatic hydroxyl groups is 1. The van der Waals surface area contributed by atoms with Gasteiger partial charge >= 0.3 is 11.7 Å². The van der Waals surface area contributed by atoms with Crippen LogP contribution in [-0.4, -0.2) is 66.8 Å². The molecule has 0 spiro atoms. The molecule has 0 aromatic carbocycles. The van der Waals surface area contributed by atoms with E-state index in [4.69, 9.17) is 13.9 Å². The second-order valence-electron chi connectivity index (χ2n) is 9.59. The molecule has 4 atom stereocenters. The maximum atomic E-state index is 12.5. The summed E-state index contributed by atoms with van der Waals surface area (Å²) in [5, 5.41) is 13.4. The normalized spacial score (nSPS) is 23.4. The van der Waals surface area contributed by atoms with Crippen molar-refractivity contribution < 1.29 is 28.6 Å². The molecule has 0 saturated carbocycles. The van der Waals surface area contributed by atoms with Gasteiger partial charge in [-0.1, -0.05) is 20.8 Å². The topological polar surface area (TPSA) is 149 Å². The molecular weight excluding hydrogens is 450 g/mol. The van der Waals surface area contributed by atoms with E-state index in [9.17, 15) is 24.3 Å². The van der Waals surface area contributed by atoms with E-state index in [0.29, 0.717) is 0 Å². The average Bonchev–Trinajstić information content (AvgIpc) is 3.00. The van der Waals surface area contributed by atoms with Crippen molar-refractivity contribution in [3.8, 4) is 0 Å². The third-order valence-corrected chi connectivity index (χ3v) is 10.7. The number of carbonyl (C=O) groups excluding carboxylic acids is 2. The highest BCUT2D eigenvalue weighted by Crippen LogP contribution is 2.39. The molecule has 1 aromatic heterocycles. The summed E-state index contributed by atoms with van der Waals surface area (Å²) in [6.07, 6.45) is -1.87. The van der Waals surface area contributed by atoms with Crippen molar-refractivity contribution in [3.63, 3.8) is 0 Å². The van der Waals surface area contributed by atoms with Gasteiger partial charge in [0.05, 0.1) is 19.3 Å². The molecule has 0 radical (unpaired) electrons. The number of aromatic nitrogens is 2. The van der Waals surface area contributed by atoms with Crippen LogP contribution >= 0.6 is 0 Å². The summed E-state index contributed by atoms with van der Waals surface area (Å²) in [6, 6.07) is 1.16. The van der Waals surface area contributed by atoms with Crippen molar-refractivity contribution in [1.82, 2.24) is 14.9 Å². The molecule has 1 aliphatic rings. The Morgan fingerprint density at radius 2 is 1.97 bits per heavy atom. The summed E-state index contributed by atoms with van der Waals surface area (Å²) in [7, 11) is -2.15. The molecule has 1 aromatic rings. The number of rotatable bonds is 9. The first-order chi connectivity index (χ1) is 15.3. The van der Waals surface area contributed by atoms with Gasteiger partial charge in [-0.05, 0) is 25.1 Å². The van der Waals surface area contributed by atoms with Crippen LogP contribution in [0, 0.1) is 5.92 Å². The summed E-state index contributed by atoms with van der Waals surface area (Å²) < 4.78 is 18.1. The van der Waals surface area contributed by atoms with Gasteiger partial charge in [0.25, 0.3) is 5.56 Å². The van der Waals surface area contributed by atoms with E-state index in [-0.39, 0.29) is 31.2 Å². The van der Waals surface area contributed by atoms with Gasteiger partial charge in [0.1, 0.15) is 18.9 Å². The Bertz CT molecular complexity index is 952. The highest BCUT2D eigenvalue weighted by molar-refractivity contribution is 6.74. The number of esters is 1. The molecule has 2 rings (SSSR count). The highest BCUT2D eigenvalue weighted by Gasteiger charge is 2.47. The predicted octanol–water partition coefficient (Wildman–Crippen LogP) is 0.502. The van der Waals surface area contributed by atoms with Crippen LogP contribution in [0.4, 0.5) is 0 Å². The van der Waals surface area contributed by atoms with E-state index in [0.717, 1.165) is 10.6 Å². The van der Waals surface area contributed by atoms with Gasteiger partial charge in [0, 0.05) is 24.6 Å². The molecule has 2 heterocycles. The Kier molecular flexibility index (Phi) is 8.79. The predicted molar refractivity (Wildman–Crippen MR) is 122 cm³/mol. The fraction of sp³-hybridized carbons (Fsp3) is 0.714. The average molecular weight is 486 g/mol. The van der Waals surface area contributed by atoms with E-state index in [1.54, 1.807) is 6.92 Å². The van der Waals surface area contributed by atoms with Gasteiger partial charge < -0.3 is 24.3 Å². The Morgan fingerprint density at radius 3 is 2.55 bits per heavy atom. The SMILES string of the molecule is CCOC(=O)CNC(=O)C[C@@H]1[C@H](O)[C@@H](CO[Si](C)(C)C(C)(C)C)O[C@H]1n1ccc(=O)[nH]c1=O. The smallest absolute Gasteiger partial charge is 0.330 e. The van der Waals surface area contributed by atoms with E-state index in [1.165, 1.54) is 6.20 Å². The molecule has 1 amide bonds. The standard InChI is InChI=1S/C21H35N3O8Si/c1-7-30-17(27)11-22-16(26)10-13-18(28)14(12-31-33(5,6)21(2,3)4)32-19(13)24-9-8-15(25)23-20(24)29/h8-9,13-14,18-19,28H,7,10-12H2,1-6H3,(H,22,26)(H,23,25,29)/t13-,14-,18+,19-/m1/s1. The zero-order valence-electron chi connectivity index (χ0n) is 20.0. The molecule has 33 heavy (non-hydrogen) atoms. The minimum absolute atomic E-state index is 0.0573. The van der Waals surface area contributed by atoms with E-state index in [2.05, 4.69) is 44.2 Å². The number of nitrogens with one attached hydrogen (secondary N) is 2. The number of H-pyrrole nitrogens is 1. The third kappa shape index (κ3) is 6.85. The number of ether oxygens (including phenoxy) is 2. The summed E-state index contributed by atoms with van der Waals surface area (Å²) in [5.41, 5.74) is -1.29.